The first-order valence-electron chi connectivity index (χ1n) is 18.1. The number of halogens is 1. The number of esters is 1. The molecule has 12 heteroatoms. The number of allylic oxidation sites excluding steroid dienone is 1. The molecule has 0 aromatic heterocycles. The Morgan fingerprint density at radius 1 is 1.06 bits per heavy atom. The van der Waals surface area contributed by atoms with Gasteiger partial charge in [-0.25, -0.2) is 0 Å². The summed E-state index contributed by atoms with van der Waals surface area (Å²) < 4.78 is 17.7. The van der Waals surface area contributed by atoms with Gasteiger partial charge in [0.2, 0.25) is 11.8 Å². The molecule has 3 aliphatic heterocycles. The highest BCUT2D eigenvalue weighted by Gasteiger charge is 2.77. The van der Waals surface area contributed by atoms with Gasteiger partial charge in [0.05, 0.1) is 43.7 Å². The Labute approximate surface area is 324 Å². The number of aliphatic hydroxyl groups excluding tert-OH is 1. The topological polar surface area (TPSA) is 135 Å². The van der Waals surface area contributed by atoms with Crippen molar-refractivity contribution < 1.29 is 38.5 Å². The van der Waals surface area contributed by atoms with Crippen LogP contribution in [0.4, 0.5) is 5.69 Å². The number of aliphatic hydroxyl groups is 1. The van der Waals surface area contributed by atoms with Gasteiger partial charge in [-0.05, 0) is 54.7 Å². The Hall–Kier alpha value is -4.78. The van der Waals surface area contributed by atoms with E-state index in [-0.39, 0.29) is 37.2 Å². The van der Waals surface area contributed by atoms with Crippen LogP contribution in [0.5, 0.6) is 5.75 Å². The third-order valence-electron chi connectivity index (χ3n) is 10.6. The fraction of sp³-hybridized carbons (Fsp3) is 0.381. The van der Waals surface area contributed by atoms with E-state index in [1.807, 2.05) is 60.7 Å². The van der Waals surface area contributed by atoms with Crippen molar-refractivity contribution in [3.63, 3.8) is 0 Å². The number of methoxy groups -OCH3 is 1. The van der Waals surface area contributed by atoms with E-state index in [0.29, 0.717) is 23.4 Å². The van der Waals surface area contributed by atoms with Crippen LogP contribution in [-0.4, -0.2) is 89.2 Å². The first-order chi connectivity index (χ1) is 26.2. The molecule has 3 fully saturated rings. The van der Waals surface area contributed by atoms with Crippen molar-refractivity contribution in [2.45, 2.75) is 60.3 Å². The molecule has 3 saturated heterocycles. The summed E-state index contributed by atoms with van der Waals surface area (Å²) in [5, 5.41) is 14.0. The molecule has 3 aliphatic rings. The van der Waals surface area contributed by atoms with E-state index >= 15 is 9.59 Å². The molecular formula is C42H46BrN3O8. The lowest BCUT2D eigenvalue weighted by molar-refractivity contribution is -0.146. The molecule has 1 spiro atoms. The number of carbonyl (C=O) groups excluding carboxylic acids is 4. The molecule has 11 nitrogen and oxygen atoms in total. The monoisotopic (exact) mass is 799 g/mol. The predicted molar refractivity (Wildman–Crippen MR) is 207 cm³/mol. The molecule has 0 saturated carbocycles. The minimum atomic E-state index is -1.40. The van der Waals surface area contributed by atoms with E-state index in [4.69, 9.17) is 14.2 Å². The highest BCUT2D eigenvalue weighted by molar-refractivity contribution is 9.09. The Bertz CT molecular complexity index is 1830. The van der Waals surface area contributed by atoms with Gasteiger partial charge >= 0.3 is 5.97 Å². The number of nitrogens with zero attached hydrogens (tertiary/aromatic N) is 2. The van der Waals surface area contributed by atoms with Crippen LogP contribution in [-0.2, 0) is 35.1 Å². The molecule has 6 rings (SSSR count). The number of nitrogens with one attached hydrogen (secondary N) is 1. The third-order valence-corrected chi connectivity index (χ3v) is 11.5. The van der Waals surface area contributed by atoms with E-state index in [1.165, 1.54) is 4.90 Å². The first-order valence-corrected chi connectivity index (χ1v) is 19.1. The Morgan fingerprint density at radius 3 is 2.37 bits per heavy atom. The van der Waals surface area contributed by atoms with Crippen LogP contribution in [0, 0.1) is 11.8 Å². The van der Waals surface area contributed by atoms with Crippen LogP contribution in [0.2, 0.25) is 0 Å². The maximum atomic E-state index is 15.1. The minimum Gasteiger partial charge on any atom is -0.497 e. The van der Waals surface area contributed by atoms with E-state index < -0.39 is 72.0 Å². The van der Waals surface area contributed by atoms with Gasteiger partial charge < -0.3 is 34.4 Å². The first kappa shape index (κ1) is 38.9. The van der Waals surface area contributed by atoms with Crippen LogP contribution >= 0.6 is 15.9 Å². The number of rotatable bonds is 17. The second kappa shape index (κ2) is 17.1. The number of ether oxygens (including phenoxy) is 3. The van der Waals surface area contributed by atoms with Crippen LogP contribution in [0.25, 0.3) is 0 Å². The highest BCUT2D eigenvalue weighted by atomic mass is 79.9. The average molecular weight is 801 g/mol. The van der Waals surface area contributed by atoms with Crippen LogP contribution in [0.15, 0.2) is 110 Å². The summed E-state index contributed by atoms with van der Waals surface area (Å²) in [4.78, 5) is 59.9. The van der Waals surface area contributed by atoms with Gasteiger partial charge in [0.15, 0.2) is 0 Å². The number of alkyl halides is 1. The van der Waals surface area contributed by atoms with Gasteiger partial charge in [-0.1, -0.05) is 88.7 Å². The summed E-state index contributed by atoms with van der Waals surface area (Å²) in [5.41, 5.74) is 0.744. The molecule has 2 N–H and O–H groups in total. The number of anilines is 1. The molecule has 8 atom stereocenters. The fourth-order valence-electron chi connectivity index (χ4n) is 8.18. The molecule has 3 amide bonds. The second-order valence-electron chi connectivity index (χ2n) is 13.9. The summed E-state index contributed by atoms with van der Waals surface area (Å²) >= 11 is 3.76. The quantitative estimate of drug-likeness (QED) is 0.112. The van der Waals surface area contributed by atoms with Crippen LogP contribution in [0.3, 0.4) is 0 Å². The van der Waals surface area contributed by atoms with Gasteiger partial charge in [0.1, 0.15) is 24.0 Å². The number of carbonyl (C=O) groups is 4. The van der Waals surface area contributed by atoms with E-state index in [0.717, 1.165) is 5.56 Å². The van der Waals surface area contributed by atoms with Crippen LogP contribution in [0.1, 0.15) is 36.4 Å². The van der Waals surface area contributed by atoms with Crippen molar-refractivity contribution in [2.24, 2.45) is 11.8 Å². The average Bonchev–Trinajstić information content (AvgIpc) is 3.80. The van der Waals surface area contributed by atoms with Crippen molar-refractivity contribution in [3.8, 4) is 5.75 Å². The smallest absolute Gasteiger partial charge is 0.306 e. The summed E-state index contributed by atoms with van der Waals surface area (Å²) in [6.45, 7) is 7.13. The zero-order valence-electron chi connectivity index (χ0n) is 30.2. The van der Waals surface area contributed by atoms with E-state index in [1.54, 1.807) is 48.4 Å². The highest BCUT2D eigenvalue weighted by Crippen LogP contribution is 2.60. The fourth-order valence-corrected chi connectivity index (χ4v) is 9.12. The van der Waals surface area contributed by atoms with Crippen molar-refractivity contribution in [1.29, 1.82) is 0 Å². The summed E-state index contributed by atoms with van der Waals surface area (Å²) in [6, 6.07) is 22.9. The molecule has 284 valence electrons. The van der Waals surface area contributed by atoms with Crippen molar-refractivity contribution in [2.75, 3.05) is 31.8 Å². The molecular weight excluding hydrogens is 754 g/mol. The van der Waals surface area contributed by atoms with E-state index in [2.05, 4.69) is 34.4 Å². The maximum absolute atomic E-state index is 15.1. The Kier molecular flexibility index (Phi) is 12.4. The number of fused-ring (bicyclic) bond motifs is 1. The molecule has 3 heterocycles. The molecule has 3 aromatic rings. The number of hydrogen-bond acceptors (Lipinski definition) is 8. The second-order valence-corrected chi connectivity index (χ2v) is 15.0. The molecule has 3 aromatic carbocycles. The Morgan fingerprint density at radius 2 is 1.74 bits per heavy atom. The minimum absolute atomic E-state index is 0.124. The van der Waals surface area contributed by atoms with Crippen LogP contribution < -0.4 is 15.0 Å². The van der Waals surface area contributed by atoms with Crippen molar-refractivity contribution in [3.05, 3.63) is 121 Å². The number of amides is 3. The number of hydrogen-bond donors (Lipinski definition) is 2. The maximum Gasteiger partial charge on any atom is 0.306 e. The Balaban J connectivity index is 1.38. The van der Waals surface area contributed by atoms with Gasteiger partial charge in [-0.2, -0.15) is 0 Å². The van der Waals surface area contributed by atoms with Gasteiger partial charge in [0, 0.05) is 23.5 Å². The molecule has 0 aliphatic carbocycles. The lowest BCUT2D eigenvalue weighted by Gasteiger charge is -2.39. The number of likely N-dealkylation sites (tertiary alicyclic amines) is 1. The summed E-state index contributed by atoms with van der Waals surface area (Å²) in [6.07, 6.45) is 3.66. The normalized spacial score (nSPS) is 25.0. The third kappa shape index (κ3) is 7.60. The van der Waals surface area contributed by atoms with Gasteiger partial charge in [-0.3, -0.25) is 19.2 Å². The molecule has 0 radical (unpaired) electrons. The zero-order valence-corrected chi connectivity index (χ0v) is 31.8. The van der Waals surface area contributed by atoms with E-state index in [9.17, 15) is 14.7 Å². The lowest BCUT2D eigenvalue weighted by atomic mass is 9.70. The summed E-state index contributed by atoms with van der Waals surface area (Å²) in [7, 11) is 1.56. The molecule has 2 bridgehead atoms. The van der Waals surface area contributed by atoms with Crippen molar-refractivity contribution >= 4 is 45.3 Å². The van der Waals surface area contributed by atoms with Gasteiger partial charge in [0.25, 0.3) is 5.91 Å². The predicted octanol–water partition coefficient (Wildman–Crippen LogP) is 4.93. The van der Waals surface area contributed by atoms with Gasteiger partial charge in [-0.15, -0.1) is 13.2 Å². The standard InChI is InChI=1S/C42H46BrN3O8/c1-4-6-17-34(48)53-26-33(28-15-11-8-12-16-28)44-39(49)35-36-40(50)46(30(25-47)23-27-13-9-7-10-14-27)38(42(36)24-32(43)37(35)54-42)41(51)45(22-5-2)29-18-20-31(52-3)21-19-29/h4-5,7-16,18-21,30,32-33,35-38,47H,1-2,6,17,22-26H2,3H3,(H,44,49)/t30-,32?,33-,35+,36-,37+,38+,42-/m1/s1. The zero-order chi connectivity index (χ0) is 38.4. The lowest BCUT2D eigenvalue weighted by Crippen LogP contribution is -2.59. The van der Waals surface area contributed by atoms with Crippen molar-refractivity contribution in [1.82, 2.24) is 10.2 Å². The summed E-state index contributed by atoms with van der Waals surface area (Å²) in [5.74, 6) is -3.17. The molecule has 1 unspecified atom stereocenters. The SMILES string of the molecule is C=CCCC(=O)OC[C@@H](NC(=O)[C@@H]1[C@H]2O[C@@]3(CC2Br)[C@H](C(=O)N(CC=C)c2ccc(OC)cc2)N([C@@H](CO)Cc2ccccc2)C(=O)[C@@H]13)c1ccccc1. The molecule has 54 heavy (non-hydrogen) atoms. The number of benzene rings is 3. The largest absolute Gasteiger partial charge is 0.497 e.